The van der Waals surface area contributed by atoms with Gasteiger partial charge in [-0.15, -0.1) is 0 Å². The van der Waals surface area contributed by atoms with E-state index in [0.29, 0.717) is 30.9 Å². The first kappa shape index (κ1) is 23.0. The van der Waals surface area contributed by atoms with Gasteiger partial charge < -0.3 is 14.5 Å². The van der Waals surface area contributed by atoms with Crippen molar-refractivity contribution in [2.75, 3.05) is 19.0 Å². The quantitative estimate of drug-likeness (QED) is 0.240. The van der Waals surface area contributed by atoms with E-state index in [1.54, 1.807) is 0 Å². The predicted molar refractivity (Wildman–Crippen MR) is 131 cm³/mol. The fraction of sp³-hybridized carbons (Fsp3) is 0.259. The van der Waals surface area contributed by atoms with Crippen molar-refractivity contribution < 1.29 is 13.9 Å². The number of benzene rings is 2. The van der Waals surface area contributed by atoms with Crippen molar-refractivity contribution >= 4 is 22.9 Å². The first-order chi connectivity index (χ1) is 16.7. The Morgan fingerprint density at radius 1 is 1.03 bits per heavy atom. The number of nitrogens with one attached hydrogen (secondary N) is 1. The van der Waals surface area contributed by atoms with Crippen molar-refractivity contribution in [1.82, 2.24) is 9.97 Å². The van der Waals surface area contributed by atoms with Gasteiger partial charge in [-0.3, -0.25) is 4.79 Å². The zero-order valence-corrected chi connectivity index (χ0v) is 19.1. The molecule has 2 aromatic heterocycles. The second kappa shape index (κ2) is 11.1. The van der Waals surface area contributed by atoms with Crippen LogP contribution in [-0.4, -0.2) is 29.6 Å². The molecule has 0 saturated carbocycles. The van der Waals surface area contributed by atoms with Crippen LogP contribution >= 0.6 is 0 Å². The summed E-state index contributed by atoms with van der Waals surface area (Å²) in [6.07, 6.45) is 4.89. The number of furan rings is 1. The van der Waals surface area contributed by atoms with Crippen molar-refractivity contribution in [3.8, 4) is 28.5 Å². The third kappa shape index (κ3) is 5.24. The Morgan fingerprint density at radius 3 is 2.56 bits per heavy atom. The van der Waals surface area contributed by atoms with Crippen LogP contribution in [0.15, 0.2) is 65.3 Å². The lowest BCUT2D eigenvalue weighted by atomic mass is 9.98. The van der Waals surface area contributed by atoms with Gasteiger partial charge in [-0.05, 0) is 24.0 Å². The summed E-state index contributed by atoms with van der Waals surface area (Å²) in [5, 5.41) is 13.3. The third-order valence-corrected chi connectivity index (χ3v) is 5.63. The number of hydrogen-bond acceptors (Lipinski definition) is 7. The average Bonchev–Trinajstić information content (AvgIpc) is 3.27. The van der Waals surface area contributed by atoms with Gasteiger partial charge in [-0.1, -0.05) is 61.0 Å². The molecule has 0 aliphatic heterocycles. The largest absolute Gasteiger partial charge is 0.469 e. The number of ether oxygens (including phenoxy) is 1. The standard InChI is InChI=1S/C27H26N4O3/c1-33-22(32)10-6-3-7-17-29-26-24-23(20-13-11-19(12-14-20)15-16-28)25(21-8-4-2-5-9-21)34-27(24)31-18-30-26/h2,4-5,8-9,11-14,18H,3,6-7,10,15,17H2,1H3,(H,29,30,31). The molecule has 0 radical (unpaired) electrons. The van der Waals surface area contributed by atoms with Crippen LogP contribution in [0.3, 0.4) is 0 Å². The van der Waals surface area contributed by atoms with Gasteiger partial charge in [0.15, 0.2) is 0 Å². The number of methoxy groups -OCH3 is 1. The topological polar surface area (TPSA) is 101 Å². The summed E-state index contributed by atoms with van der Waals surface area (Å²) < 4.78 is 10.9. The highest BCUT2D eigenvalue weighted by atomic mass is 16.5. The Kier molecular flexibility index (Phi) is 7.51. The molecule has 0 spiro atoms. The van der Waals surface area contributed by atoms with Crippen molar-refractivity contribution in [1.29, 1.82) is 5.26 Å². The molecule has 2 heterocycles. The maximum atomic E-state index is 11.3. The molecule has 0 atom stereocenters. The van der Waals surface area contributed by atoms with E-state index >= 15 is 0 Å². The Hall–Kier alpha value is -4.18. The fourth-order valence-corrected chi connectivity index (χ4v) is 3.90. The van der Waals surface area contributed by atoms with E-state index in [0.717, 1.165) is 52.7 Å². The number of hydrogen-bond donors (Lipinski definition) is 1. The van der Waals surface area contributed by atoms with E-state index in [4.69, 9.17) is 14.4 Å². The Balaban J connectivity index is 1.66. The van der Waals surface area contributed by atoms with Crippen molar-refractivity contribution in [3.63, 3.8) is 0 Å². The summed E-state index contributed by atoms with van der Waals surface area (Å²) in [5.74, 6) is 1.26. The summed E-state index contributed by atoms with van der Waals surface area (Å²) in [7, 11) is 1.41. The van der Waals surface area contributed by atoms with E-state index in [9.17, 15) is 4.79 Å². The number of esters is 1. The maximum Gasteiger partial charge on any atom is 0.305 e. The summed E-state index contributed by atoms with van der Waals surface area (Å²) >= 11 is 0. The fourth-order valence-electron chi connectivity index (χ4n) is 3.90. The number of rotatable bonds is 10. The molecule has 34 heavy (non-hydrogen) atoms. The molecule has 0 bridgehead atoms. The second-order valence-corrected chi connectivity index (χ2v) is 7.92. The van der Waals surface area contributed by atoms with Crippen LogP contribution in [0.25, 0.3) is 33.6 Å². The number of aromatic nitrogens is 2. The predicted octanol–water partition coefficient (Wildman–Crippen LogP) is 5.77. The molecule has 2 aromatic carbocycles. The molecule has 7 heteroatoms. The van der Waals surface area contributed by atoms with Gasteiger partial charge in [0.2, 0.25) is 5.71 Å². The SMILES string of the molecule is COC(=O)CCCCCNc1ncnc2oc(-c3ccccc3)c(-c3ccc(CC#N)cc3)c12. The number of anilines is 1. The molecule has 0 saturated heterocycles. The third-order valence-electron chi connectivity index (χ3n) is 5.63. The van der Waals surface area contributed by atoms with Crippen LogP contribution in [0.4, 0.5) is 5.82 Å². The lowest BCUT2D eigenvalue weighted by Crippen LogP contribution is -2.05. The van der Waals surface area contributed by atoms with Crippen molar-refractivity contribution in [2.45, 2.75) is 32.1 Å². The Morgan fingerprint density at radius 2 is 1.82 bits per heavy atom. The van der Waals surface area contributed by atoms with E-state index in [1.165, 1.54) is 13.4 Å². The molecule has 4 rings (SSSR count). The zero-order valence-electron chi connectivity index (χ0n) is 19.1. The van der Waals surface area contributed by atoms with E-state index in [1.807, 2.05) is 54.6 Å². The minimum Gasteiger partial charge on any atom is -0.469 e. The van der Waals surface area contributed by atoms with Crippen LogP contribution < -0.4 is 5.32 Å². The summed E-state index contributed by atoms with van der Waals surface area (Å²) in [5.41, 5.74) is 4.30. The number of fused-ring (bicyclic) bond motifs is 1. The van der Waals surface area contributed by atoms with E-state index < -0.39 is 0 Å². The Labute approximate surface area is 198 Å². The van der Waals surface area contributed by atoms with Crippen LogP contribution in [0.2, 0.25) is 0 Å². The molecule has 0 fully saturated rings. The van der Waals surface area contributed by atoms with Gasteiger partial charge in [0.1, 0.15) is 17.9 Å². The molecule has 7 nitrogen and oxygen atoms in total. The van der Waals surface area contributed by atoms with Gasteiger partial charge >= 0.3 is 5.97 Å². The van der Waals surface area contributed by atoms with Gasteiger partial charge in [-0.2, -0.15) is 5.26 Å². The summed E-state index contributed by atoms with van der Waals surface area (Å²) in [4.78, 5) is 20.2. The van der Waals surface area contributed by atoms with Crippen LogP contribution in [0.1, 0.15) is 31.2 Å². The molecule has 0 amide bonds. The van der Waals surface area contributed by atoms with Gasteiger partial charge in [-0.25, -0.2) is 9.97 Å². The highest BCUT2D eigenvalue weighted by molar-refractivity contribution is 6.05. The number of nitriles is 1. The normalized spacial score (nSPS) is 10.7. The molecule has 0 aliphatic rings. The van der Waals surface area contributed by atoms with E-state index in [2.05, 4.69) is 21.4 Å². The maximum absolute atomic E-state index is 11.3. The first-order valence-electron chi connectivity index (χ1n) is 11.3. The molecule has 4 aromatic rings. The molecule has 0 aliphatic carbocycles. The lowest BCUT2D eigenvalue weighted by molar-refractivity contribution is -0.140. The highest BCUT2D eigenvalue weighted by Gasteiger charge is 2.22. The molecule has 1 N–H and O–H groups in total. The van der Waals surface area contributed by atoms with E-state index in [-0.39, 0.29) is 5.97 Å². The molecular formula is C27H26N4O3. The average molecular weight is 455 g/mol. The molecule has 172 valence electrons. The van der Waals surface area contributed by atoms with Gasteiger partial charge in [0.05, 0.1) is 25.0 Å². The molecular weight excluding hydrogens is 428 g/mol. The number of carbonyl (C=O) groups excluding carboxylic acids is 1. The summed E-state index contributed by atoms with van der Waals surface area (Å²) in [6, 6.07) is 20.1. The van der Waals surface area contributed by atoms with Crippen LogP contribution in [0.5, 0.6) is 0 Å². The molecule has 0 unspecified atom stereocenters. The number of nitrogens with zero attached hydrogens (tertiary/aromatic N) is 3. The van der Waals surface area contributed by atoms with Crippen molar-refractivity contribution in [3.05, 3.63) is 66.5 Å². The van der Waals surface area contributed by atoms with Gasteiger partial charge in [0.25, 0.3) is 0 Å². The Bertz CT molecular complexity index is 1290. The summed E-state index contributed by atoms with van der Waals surface area (Å²) in [6.45, 7) is 0.708. The number of unbranched alkanes of at least 4 members (excludes halogenated alkanes) is 2. The minimum absolute atomic E-state index is 0.178. The lowest BCUT2D eigenvalue weighted by Gasteiger charge is -2.09. The smallest absolute Gasteiger partial charge is 0.305 e. The van der Waals surface area contributed by atoms with Crippen LogP contribution in [-0.2, 0) is 16.0 Å². The van der Waals surface area contributed by atoms with Crippen LogP contribution in [0, 0.1) is 11.3 Å². The van der Waals surface area contributed by atoms with Gasteiger partial charge in [0, 0.05) is 24.1 Å². The zero-order chi connectivity index (χ0) is 23.8. The monoisotopic (exact) mass is 454 g/mol. The first-order valence-corrected chi connectivity index (χ1v) is 11.3. The number of carbonyl (C=O) groups is 1. The minimum atomic E-state index is -0.178. The second-order valence-electron chi connectivity index (χ2n) is 7.92. The highest BCUT2D eigenvalue weighted by Crippen LogP contribution is 2.42. The van der Waals surface area contributed by atoms with Crippen molar-refractivity contribution in [2.24, 2.45) is 0 Å².